The Hall–Kier alpha value is -1.39. The maximum Gasteiger partial charge on any atom is 0.418 e. The van der Waals surface area contributed by atoms with Crippen LogP contribution in [0.5, 0.6) is 5.75 Å². The summed E-state index contributed by atoms with van der Waals surface area (Å²) in [5, 5.41) is 2.52. The first-order valence-electron chi connectivity index (χ1n) is 5.06. The lowest BCUT2D eigenvalue weighted by Crippen LogP contribution is -2.09. The fraction of sp³-hybridized carbons (Fsp3) is 0.455. The molecule has 5 heteroatoms. The van der Waals surface area contributed by atoms with E-state index in [4.69, 9.17) is 4.74 Å². The van der Waals surface area contributed by atoms with E-state index in [1.807, 2.05) is 0 Å². The molecule has 2 nitrogen and oxygen atoms in total. The van der Waals surface area contributed by atoms with Gasteiger partial charge in [0.25, 0.3) is 0 Å². The topological polar surface area (TPSA) is 21.3 Å². The molecule has 1 aliphatic carbocycles. The number of anilines is 1. The predicted octanol–water partition coefficient (Wildman–Crippen LogP) is 3.29. The van der Waals surface area contributed by atoms with Crippen molar-refractivity contribution in [3.8, 4) is 5.75 Å². The van der Waals surface area contributed by atoms with Crippen LogP contribution in [0.2, 0.25) is 0 Å². The molecule has 0 amide bonds. The molecule has 0 radical (unpaired) electrons. The van der Waals surface area contributed by atoms with Crippen molar-refractivity contribution in [2.45, 2.75) is 25.1 Å². The fourth-order valence-corrected chi connectivity index (χ4v) is 1.43. The number of ether oxygens (including phenoxy) is 1. The van der Waals surface area contributed by atoms with Crippen molar-refractivity contribution in [1.29, 1.82) is 0 Å². The molecule has 0 unspecified atom stereocenters. The van der Waals surface area contributed by atoms with E-state index in [0.29, 0.717) is 0 Å². The molecule has 16 heavy (non-hydrogen) atoms. The number of alkyl halides is 3. The van der Waals surface area contributed by atoms with Gasteiger partial charge < -0.3 is 10.1 Å². The highest BCUT2D eigenvalue weighted by molar-refractivity contribution is 5.55. The Morgan fingerprint density at radius 1 is 1.31 bits per heavy atom. The third-order valence-corrected chi connectivity index (χ3v) is 2.39. The monoisotopic (exact) mass is 231 g/mol. The van der Waals surface area contributed by atoms with Crippen LogP contribution in [0.3, 0.4) is 0 Å². The maximum atomic E-state index is 12.7. The molecule has 2 rings (SSSR count). The van der Waals surface area contributed by atoms with Gasteiger partial charge in [-0.2, -0.15) is 13.2 Å². The van der Waals surface area contributed by atoms with Crippen molar-refractivity contribution in [2.75, 3.05) is 12.4 Å². The number of hydrogen-bond acceptors (Lipinski definition) is 2. The lowest BCUT2D eigenvalue weighted by Gasteiger charge is -2.14. The summed E-state index contributed by atoms with van der Waals surface area (Å²) in [6.45, 7) is 0. The standard InChI is InChI=1S/C11H12F3NO/c1-15-10-5-4-8(16-7-2-3-7)6-9(10)11(12,13)14/h4-7,15H,2-3H2,1H3. The van der Waals surface area contributed by atoms with Gasteiger partial charge in [-0.05, 0) is 31.0 Å². The van der Waals surface area contributed by atoms with Gasteiger partial charge in [-0.1, -0.05) is 0 Å². The van der Waals surface area contributed by atoms with E-state index in [0.717, 1.165) is 18.9 Å². The number of rotatable bonds is 3. The van der Waals surface area contributed by atoms with Crippen LogP contribution in [-0.4, -0.2) is 13.2 Å². The molecular weight excluding hydrogens is 219 g/mol. The molecule has 0 saturated heterocycles. The molecule has 1 saturated carbocycles. The summed E-state index contributed by atoms with van der Waals surface area (Å²) in [6, 6.07) is 3.99. The molecule has 88 valence electrons. The van der Waals surface area contributed by atoms with Crippen LogP contribution in [0.4, 0.5) is 18.9 Å². The zero-order valence-corrected chi connectivity index (χ0v) is 8.77. The predicted molar refractivity (Wildman–Crippen MR) is 54.6 cm³/mol. The second-order valence-electron chi connectivity index (χ2n) is 3.77. The first kappa shape index (κ1) is 11.1. The summed E-state index contributed by atoms with van der Waals surface area (Å²) in [6.07, 6.45) is -2.41. The highest BCUT2D eigenvalue weighted by Gasteiger charge is 2.34. The van der Waals surface area contributed by atoms with Gasteiger partial charge in [-0.15, -0.1) is 0 Å². The maximum absolute atomic E-state index is 12.7. The molecule has 0 atom stereocenters. The first-order chi connectivity index (χ1) is 7.50. The van der Waals surface area contributed by atoms with Crippen LogP contribution >= 0.6 is 0 Å². The number of halogens is 3. The number of hydrogen-bond donors (Lipinski definition) is 1. The smallest absolute Gasteiger partial charge is 0.418 e. The van der Waals surface area contributed by atoms with E-state index >= 15 is 0 Å². The molecule has 0 bridgehead atoms. The minimum absolute atomic E-state index is 0.0654. The van der Waals surface area contributed by atoms with Gasteiger partial charge in [-0.3, -0.25) is 0 Å². The van der Waals surface area contributed by atoms with E-state index in [1.54, 1.807) is 6.07 Å². The zero-order chi connectivity index (χ0) is 11.8. The zero-order valence-electron chi connectivity index (χ0n) is 8.77. The van der Waals surface area contributed by atoms with Crippen molar-refractivity contribution in [3.05, 3.63) is 23.8 Å². The third-order valence-electron chi connectivity index (χ3n) is 2.39. The Kier molecular flexibility index (Phi) is 2.69. The van der Waals surface area contributed by atoms with Gasteiger partial charge in [0.05, 0.1) is 11.7 Å². The highest BCUT2D eigenvalue weighted by atomic mass is 19.4. The van der Waals surface area contributed by atoms with Crippen molar-refractivity contribution in [3.63, 3.8) is 0 Å². The molecule has 0 aromatic heterocycles. The van der Waals surface area contributed by atoms with Crippen LogP contribution in [0.25, 0.3) is 0 Å². The third kappa shape index (κ3) is 2.40. The summed E-state index contributed by atoms with van der Waals surface area (Å²) in [7, 11) is 1.46. The highest BCUT2D eigenvalue weighted by Crippen LogP contribution is 2.38. The van der Waals surface area contributed by atoms with Crippen molar-refractivity contribution in [1.82, 2.24) is 0 Å². The summed E-state index contributed by atoms with van der Waals surface area (Å²) >= 11 is 0. The molecule has 1 N–H and O–H groups in total. The molecule has 1 aromatic carbocycles. The van der Waals surface area contributed by atoms with Gasteiger partial charge in [-0.25, -0.2) is 0 Å². The lowest BCUT2D eigenvalue weighted by atomic mass is 10.1. The summed E-state index contributed by atoms with van der Waals surface area (Å²) in [4.78, 5) is 0. The van der Waals surface area contributed by atoms with E-state index < -0.39 is 11.7 Å². The van der Waals surface area contributed by atoms with Gasteiger partial charge in [0.15, 0.2) is 0 Å². The molecule has 1 aromatic rings. The minimum atomic E-state index is -4.36. The Labute approximate surface area is 91.4 Å². The van der Waals surface area contributed by atoms with Gasteiger partial charge in [0, 0.05) is 12.7 Å². The van der Waals surface area contributed by atoms with E-state index in [1.165, 1.54) is 13.1 Å². The Balaban J connectivity index is 2.29. The van der Waals surface area contributed by atoms with Crippen molar-refractivity contribution in [2.24, 2.45) is 0 Å². The summed E-state index contributed by atoms with van der Waals surface area (Å²) < 4.78 is 43.4. The average Bonchev–Trinajstić information content (AvgIpc) is 3.00. The van der Waals surface area contributed by atoms with E-state index in [9.17, 15) is 13.2 Å². The SMILES string of the molecule is CNc1ccc(OC2CC2)cc1C(F)(F)F. The van der Waals surface area contributed by atoms with Crippen LogP contribution in [-0.2, 0) is 6.18 Å². The summed E-state index contributed by atoms with van der Waals surface area (Å²) in [5.74, 6) is 0.286. The quantitative estimate of drug-likeness (QED) is 0.861. The molecule has 0 aliphatic heterocycles. The van der Waals surface area contributed by atoms with Crippen LogP contribution < -0.4 is 10.1 Å². The largest absolute Gasteiger partial charge is 0.490 e. The first-order valence-corrected chi connectivity index (χ1v) is 5.06. The Morgan fingerprint density at radius 2 is 2.00 bits per heavy atom. The van der Waals surface area contributed by atoms with Crippen LogP contribution in [0.1, 0.15) is 18.4 Å². The van der Waals surface area contributed by atoms with Gasteiger partial charge in [0.2, 0.25) is 0 Å². The van der Waals surface area contributed by atoms with Crippen molar-refractivity contribution >= 4 is 5.69 Å². The van der Waals surface area contributed by atoms with Crippen LogP contribution in [0.15, 0.2) is 18.2 Å². The molecule has 0 heterocycles. The van der Waals surface area contributed by atoms with Gasteiger partial charge >= 0.3 is 6.18 Å². The Bertz CT molecular complexity index is 385. The average molecular weight is 231 g/mol. The van der Waals surface area contributed by atoms with Crippen molar-refractivity contribution < 1.29 is 17.9 Å². The Morgan fingerprint density at radius 3 is 2.50 bits per heavy atom. The molecule has 0 spiro atoms. The van der Waals surface area contributed by atoms with E-state index in [2.05, 4.69) is 5.32 Å². The normalized spacial score (nSPS) is 16.0. The lowest BCUT2D eigenvalue weighted by molar-refractivity contribution is -0.137. The molecule has 1 fully saturated rings. The van der Waals surface area contributed by atoms with Crippen LogP contribution in [0, 0.1) is 0 Å². The van der Waals surface area contributed by atoms with E-state index in [-0.39, 0.29) is 17.5 Å². The number of benzene rings is 1. The van der Waals surface area contributed by atoms with Gasteiger partial charge in [0.1, 0.15) is 5.75 Å². The second-order valence-corrected chi connectivity index (χ2v) is 3.77. The molecule has 1 aliphatic rings. The number of nitrogens with one attached hydrogen (secondary N) is 1. The minimum Gasteiger partial charge on any atom is -0.490 e. The molecular formula is C11H12F3NO. The summed E-state index contributed by atoms with van der Waals surface area (Å²) in [5.41, 5.74) is -0.621. The fourth-order valence-electron chi connectivity index (χ4n) is 1.43. The second kappa shape index (κ2) is 3.88.